The molecule has 2 aromatic rings. The molecule has 1 aromatic heterocycles. The summed E-state index contributed by atoms with van der Waals surface area (Å²) >= 11 is 0. The maximum absolute atomic E-state index is 12.8. The van der Waals surface area contributed by atoms with Crippen LogP contribution < -0.4 is 5.32 Å². The van der Waals surface area contributed by atoms with E-state index in [9.17, 15) is 18.0 Å². The first-order valence-electron chi connectivity index (χ1n) is 9.37. The maximum atomic E-state index is 12.8. The molecule has 0 bridgehead atoms. The van der Waals surface area contributed by atoms with Gasteiger partial charge in [-0.3, -0.25) is 4.79 Å². The van der Waals surface area contributed by atoms with Gasteiger partial charge in [0.15, 0.2) is 6.61 Å². The summed E-state index contributed by atoms with van der Waals surface area (Å²) in [5, 5.41) is 2.61. The van der Waals surface area contributed by atoms with Crippen molar-refractivity contribution in [1.29, 1.82) is 0 Å². The number of piperidine rings is 1. The molecule has 1 fully saturated rings. The van der Waals surface area contributed by atoms with Crippen molar-refractivity contribution in [2.45, 2.75) is 31.1 Å². The molecule has 0 radical (unpaired) electrons. The zero-order chi connectivity index (χ0) is 20.9. The van der Waals surface area contributed by atoms with E-state index in [4.69, 9.17) is 4.74 Å². The smallest absolute Gasteiger partial charge is 0.357 e. The third-order valence-electron chi connectivity index (χ3n) is 4.64. The number of amides is 1. The highest BCUT2D eigenvalue weighted by Gasteiger charge is 2.26. The lowest BCUT2D eigenvalue weighted by Gasteiger charge is -2.26. The Kier molecular flexibility index (Phi) is 6.60. The van der Waals surface area contributed by atoms with Gasteiger partial charge in [0.2, 0.25) is 10.0 Å². The Morgan fingerprint density at radius 2 is 1.90 bits per heavy atom. The van der Waals surface area contributed by atoms with Crippen LogP contribution in [-0.2, 0) is 19.6 Å². The van der Waals surface area contributed by atoms with Crippen molar-refractivity contribution in [3.8, 4) is 0 Å². The van der Waals surface area contributed by atoms with Crippen molar-refractivity contribution in [3.63, 3.8) is 0 Å². The van der Waals surface area contributed by atoms with Gasteiger partial charge in [-0.2, -0.15) is 4.31 Å². The van der Waals surface area contributed by atoms with Crippen LogP contribution in [0.25, 0.3) is 0 Å². The molecule has 0 atom stereocenters. The molecule has 154 valence electrons. The van der Waals surface area contributed by atoms with Crippen molar-refractivity contribution in [2.24, 2.45) is 0 Å². The van der Waals surface area contributed by atoms with E-state index in [0.29, 0.717) is 24.3 Å². The lowest BCUT2D eigenvalue weighted by Crippen LogP contribution is -2.35. The first kappa shape index (κ1) is 20.9. The van der Waals surface area contributed by atoms with Gasteiger partial charge in [-0.15, -0.1) is 0 Å². The number of sulfonamides is 1. The molecule has 0 aliphatic carbocycles. The van der Waals surface area contributed by atoms with Crippen LogP contribution >= 0.6 is 0 Å². The summed E-state index contributed by atoms with van der Waals surface area (Å²) in [7, 11) is -3.61. The minimum absolute atomic E-state index is 0.103. The van der Waals surface area contributed by atoms with Gasteiger partial charge in [-0.1, -0.05) is 18.6 Å². The lowest BCUT2D eigenvalue weighted by atomic mass is 10.2. The number of hydrogen-bond acceptors (Lipinski definition) is 6. The van der Waals surface area contributed by atoms with E-state index in [0.717, 1.165) is 19.3 Å². The van der Waals surface area contributed by atoms with Gasteiger partial charge in [0.1, 0.15) is 5.69 Å². The molecule has 0 unspecified atom stereocenters. The first-order valence-corrected chi connectivity index (χ1v) is 10.8. The number of pyridine rings is 1. The third kappa shape index (κ3) is 5.18. The molecule has 1 saturated heterocycles. The summed E-state index contributed by atoms with van der Waals surface area (Å²) in [4.78, 5) is 28.1. The number of aryl methyl sites for hydroxylation is 1. The monoisotopic (exact) mass is 417 g/mol. The second-order valence-electron chi connectivity index (χ2n) is 6.78. The molecule has 2 heterocycles. The number of rotatable bonds is 6. The van der Waals surface area contributed by atoms with Crippen molar-refractivity contribution < 1.29 is 22.7 Å². The Morgan fingerprint density at radius 3 is 2.59 bits per heavy atom. The number of carbonyl (C=O) groups excluding carboxylic acids is 2. The van der Waals surface area contributed by atoms with Crippen LogP contribution in [-0.4, -0.2) is 49.3 Å². The average Bonchev–Trinajstić information content (AvgIpc) is 2.74. The molecular weight excluding hydrogens is 394 g/mol. The standard InChI is InChI=1S/C20H23N3O5S/c1-15-8-9-16(29(26,27)23-11-5-2-6-12-23)13-18(15)22-19(24)14-28-20(25)17-7-3-4-10-21-17/h3-4,7-10,13H,2,5-6,11-12,14H2,1H3,(H,22,24). The van der Waals surface area contributed by atoms with Gasteiger partial charge in [0.25, 0.3) is 5.91 Å². The zero-order valence-electron chi connectivity index (χ0n) is 16.1. The topological polar surface area (TPSA) is 106 Å². The number of hydrogen-bond donors (Lipinski definition) is 1. The molecule has 0 spiro atoms. The van der Waals surface area contributed by atoms with E-state index in [1.54, 1.807) is 25.1 Å². The van der Waals surface area contributed by atoms with E-state index in [1.165, 1.54) is 28.7 Å². The number of aromatic nitrogens is 1. The Labute approximate surface area is 169 Å². The Bertz CT molecular complexity index is 986. The van der Waals surface area contributed by atoms with Gasteiger partial charge in [0, 0.05) is 25.0 Å². The number of carbonyl (C=O) groups is 2. The van der Waals surface area contributed by atoms with E-state index in [1.807, 2.05) is 0 Å². The fourth-order valence-corrected chi connectivity index (χ4v) is 4.57. The first-order chi connectivity index (χ1) is 13.9. The third-order valence-corrected chi connectivity index (χ3v) is 6.54. The van der Waals surface area contributed by atoms with Crippen LogP contribution in [0.5, 0.6) is 0 Å². The summed E-state index contributed by atoms with van der Waals surface area (Å²) in [6, 6.07) is 9.41. The van der Waals surface area contributed by atoms with Crippen molar-refractivity contribution in [2.75, 3.05) is 25.0 Å². The Balaban J connectivity index is 1.66. The quantitative estimate of drug-likeness (QED) is 0.724. The van der Waals surface area contributed by atoms with Crippen molar-refractivity contribution in [3.05, 3.63) is 53.9 Å². The van der Waals surface area contributed by atoms with Gasteiger partial charge in [0.05, 0.1) is 4.90 Å². The molecule has 1 aliphatic rings. The molecule has 8 nitrogen and oxygen atoms in total. The molecule has 1 aliphatic heterocycles. The predicted molar refractivity (Wildman–Crippen MR) is 107 cm³/mol. The maximum Gasteiger partial charge on any atom is 0.357 e. The van der Waals surface area contributed by atoms with Crippen LogP contribution in [0, 0.1) is 6.92 Å². The number of esters is 1. The predicted octanol–water partition coefficient (Wildman–Crippen LogP) is 2.36. The minimum Gasteiger partial charge on any atom is -0.451 e. The van der Waals surface area contributed by atoms with Gasteiger partial charge < -0.3 is 10.1 Å². The second kappa shape index (κ2) is 9.15. The van der Waals surface area contributed by atoms with Crippen LogP contribution in [0.1, 0.15) is 35.3 Å². The van der Waals surface area contributed by atoms with Crippen molar-refractivity contribution >= 4 is 27.6 Å². The van der Waals surface area contributed by atoms with E-state index in [2.05, 4.69) is 10.3 Å². The lowest BCUT2D eigenvalue weighted by molar-refractivity contribution is -0.119. The van der Waals surface area contributed by atoms with Crippen LogP contribution in [0.2, 0.25) is 0 Å². The summed E-state index contributed by atoms with van der Waals surface area (Å²) in [5.74, 6) is -1.27. The fourth-order valence-electron chi connectivity index (χ4n) is 3.03. The number of anilines is 1. The molecular formula is C20H23N3O5S. The van der Waals surface area contributed by atoms with Crippen LogP contribution in [0.3, 0.4) is 0 Å². The Morgan fingerprint density at radius 1 is 1.14 bits per heavy atom. The largest absolute Gasteiger partial charge is 0.451 e. The molecule has 0 saturated carbocycles. The van der Waals surface area contributed by atoms with E-state index in [-0.39, 0.29) is 10.6 Å². The number of nitrogens with zero attached hydrogens (tertiary/aromatic N) is 2. The highest BCUT2D eigenvalue weighted by molar-refractivity contribution is 7.89. The molecule has 9 heteroatoms. The summed E-state index contributed by atoms with van der Waals surface area (Å²) in [6.45, 7) is 2.26. The van der Waals surface area contributed by atoms with Gasteiger partial charge in [-0.25, -0.2) is 18.2 Å². The number of benzene rings is 1. The highest BCUT2D eigenvalue weighted by Crippen LogP contribution is 2.25. The van der Waals surface area contributed by atoms with Gasteiger partial charge in [-0.05, 0) is 49.6 Å². The normalized spacial score (nSPS) is 14.9. The highest BCUT2D eigenvalue weighted by atomic mass is 32.2. The number of nitrogens with one attached hydrogen (secondary N) is 1. The van der Waals surface area contributed by atoms with Crippen molar-refractivity contribution in [1.82, 2.24) is 9.29 Å². The molecule has 1 N–H and O–H groups in total. The second-order valence-corrected chi connectivity index (χ2v) is 8.72. The van der Waals surface area contributed by atoms with Crippen LogP contribution in [0.4, 0.5) is 5.69 Å². The van der Waals surface area contributed by atoms with Crippen LogP contribution in [0.15, 0.2) is 47.5 Å². The average molecular weight is 417 g/mol. The zero-order valence-corrected chi connectivity index (χ0v) is 16.9. The molecule has 29 heavy (non-hydrogen) atoms. The molecule has 1 aromatic carbocycles. The minimum atomic E-state index is -3.61. The summed E-state index contributed by atoms with van der Waals surface area (Å²) in [6.07, 6.45) is 4.17. The Hall–Kier alpha value is -2.78. The summed E-state index contributed by atoms with van der Waals surface area (Å²) in [5.41, 5.74) is 1.17. The SMILES string of the molecule is Cc1ccc(S(=O)(=O)N2CCCCC2)cc1NC(=O)COC(=O)c1ccccn1. The molecule has 1 amide bonds. The summed E-state index contributed by atoms with van der Waals surface area (Å²) < 4.78 is 32.1. The van der Waals surface area contributed by atoms with E-state index >= 15 is 0 Å². The van der Waals surface area contributed by atoms with E-state index < -0.39 is 28.5 Å². The number of ether oxygens (including phenoxy) is 1. The molecule has 3 rings (SSSR count). The van der Waals surface area contributed by atoms with Gasteiger partial charge >= 0.3 is 5.97 Å². The fraction of sp³-hybridized carbons (Fsp3) is 0.350.